The number of nitrogens with one attached hydrogen (secondary N) is 1. The maximum atomic E-state index is 13.6. The quantitative estimate of drug-likeness (QED) is 0.727. The summed E-state index contributed by atoms with van der Waals surface area (Å²) in [5.41, 5.74) is 0.845. The van der Waals surface area contributed by atoms with E-state index in [1.165, 1.54) is 17.4 Å². The van der Waals surface area contributed by atoms with Crippen molar-refractivity contribution in [1.29, 1.82) is 0 Å². The Balaban J connectivity index is 1.87. The molecule has 0 atom stereocenters. The van der Waals surface area contributed by atoms with Crippen LogP contribution < -0.4 is 5.32 Å². The maximum Gasteiger partial charge on any atom is 0.257 e. The number of thioether (sulfide) groups is 1. The molecule has 6 heteroatoms. The fourth-order valence-corrected chi connectivity index (χ4v) is 3.24. The predicted octanol–water partition coefficient (Wildman–Crippen LogP) is 4.41. The second-order valence-corrected chi connectivity index (χ2v) is 6.20. The number of hydrogen-bond donors (Lipinski definition) is 1. The van der Waals surface area contributed by atoms with Crippen LogP contribution in [0.25, 0.3) is 10.2 Å². The third-order valence-corrected chi connectivity index (χ3v) is 4.58. The van der Waals surface area contributed by atoms with Crippen LogP contribution >= 0.6 is 23.1 Å². The molecule has 106 valence electrons. The Bertz CT molecular complexity index is 816. The minimum absolute atomic E-state index is 0.245. The highest BCUT2D eigenvalue weighted by molar-refractivity contribution is 7.98. The zero-order chi connectivity index (χ0) is 14.8. The van der Waals surface area contributed by atoms with E-state index in [-0.39, 0.29) is 17.2 Å². The van der Waals surface area contributed by atoms with Crippen molar-refractivity contribution in [2.75, 3.05) is 11.6 Å². The SMILES string of the molecule is CSc1cccc(C(=O)Nc2nc3c(F)cccc3s2)c1. The highest BCUT2D eigenvalue weighted by atomic mass is 32.2. The van der Waals surface area contributed by atoms with E-state index in [4.69, 9.17) is 0 Å². The van der Waals surface area contributed by atoms with Crippen LogP contribution in [0.1, 0.15) is 10.4 Å². The predicted molar refractivity (Wildman–Crippen MR) is 85.8 cm³/mol. The molecule has 21 heavy (non-hydrogen) atoms. The molecule has 0 spiro atoms. The molecule has 0 bridgehead atoms. The highest BCUT2D eigenvalue weighted by Crippen LogP contribution is 2.28. The van der Waals surface area contributed by atoms with Crippen LogP contribution in [0.4, 0.5) is 9.52 Å². The molecule has 0 fully saturated rings. The molecule has 1 N–H and O–H groups in total. The number of fused-ring (bicyclic) bond motifs is 1. The monoisotopic (exact) mass is 318 g/mol. The Kier molecular flexibility index (Phi) is 3.90. The summed E-state index contributed by atoms with van der Waals surface area (Å²) in [5.74, 6) is -0.626. The Morgan fingerprint density at radius 2 is 2.10 bits per heavy atom. The number of halogens is 1. The van der Waals surface area contributed by atoms with Crippen LogP contribution in [0.15, 0.2) is 47.4 Å². The summed E-state index contributed by atoms with van der Waals surface area (Å²) in [4.78, 5) is 17.3. The molecule has 0 aliphatic carbocycles. The molecule has 0 saturated heterocycles. The molecule has 3 rings (SSSR count). The molecule has 1 aromatic heterocycles. The first-order valence-electron chi connectivity index (χ1n) is 6.18. The van der Waals surface area contributed by atoms with Crippen molar-refractivity contribution in [1.82, 2.24) is 4.98 Å². The minimum atomic E-state index is -0.381. The van der Waals surface area contributed by atoms with E-state index >= 15 is 0 Å². The Labute approximate surface area is 129 Å². The van der Waals surface area contributed by atoms with Crippen LogP contribution in [0.2, 0.25) is 0 Å². The van der Waals surface area contributed by atoms with Crippen molar-refractivity contribution < 1.29 is 9.18 Å². The van der Waals surface area contributed by atoms with Crippen molar-refractivity contribution in [2.45, 2.75) is 4.90 Å². The molecule has 0 unspecified atom stereocenters. The summed E-state index contributed by atoms with van der Waals surface area (Å²) in [7, 11) is 0. The number of para-hydroxylation sites is 1. The molecule has 3 aromatic rings. The highest BCUT2D eigenvalue weighted by Gasteiger charge is 2.12. The van der Waals surface area contributed by atoms with Gasteiger partial charge in [-0.25, -0.2) is 9.37 Å². The Morgan fingerprint density at radius 1 is 1.29 bits per heavy atom. The van der Waals surface area contributed by atoms with Crippen LogP contribution in [0.5, 0.6) is 0 Å². The first kappa shape index (κ1) is 14.0. The van der Waals surface area contributed by atoms with Crippen LogP contribution in [-0.4, -0.2) is 17.1 Å². The second kappa shape index (κ2) is 5.83. The molecule has 1 heterocycles. The van der Waals surface area contributed by atoms with Crippen molar-refractivity contribution >= 4 is 44.4 Å². The normalized spacial score (nSPS) is 10.8. The summed E-state index contributed by atoms with van der Waals surface area (Å²) in [6, 6.07) is 12.1. The first-order valence-corrected chi connectivity index (χ1v) is 8.22. The minimum Gasteiger partial charge on any atom is -0.298 e. The van der Waals surface area contributed by atoms with Crippen molar-refractivity contribution in [3.05, 3.63) is 53.8 Å². The molecule has 3 nitrogen and oxygen atoms in total. The van der Waals surface area contributed by atoms with Crippen LogP contribution in [0, 0.1) is 5.82 Å². The van der Waals surface area contributed by atoms with Gasteiger partial charge < -0.3 is 0 Å². The van der Waals surface area contributed by atoms with E-state index in [9.17, 15) is 9.18 Å². The Morgan fingerprint density at radius 3 is 2.86 bits per heavy atom. The van der Waals surface area contributed by atoms with Gasteiger partial charge in [-0.1, -0.05) is 23.5 Å². The number of anilines is 1. The van der Waals surface area contributed by atoms with Gasteiger partial charge in [-0.3, -0.25) is 10.1 Å². The van der Waals surface area contributed by atoms with E-state index in [0.717, 1.165) is 4.90 Å². The zero-order valence-corrected chi connectivity index (χ0v) is 12.7. The molecule has 0 radical (unpaired) electrons. The van der Waals surface area contributed by atoms with Gasteiger partial charge in [-0.2, -0.15) is 0 Å². The molecule has 0 aliphatic rings. The lowest BCUT2D eigenvalue weighted by molar-refractivity contribution is 0.102. The fourth-order valence-electron chi connectivity index (χ4n) is 1.90. The van der Waals surface area contributed by atoms with E-state index in [0.29, 0.717) is 15.4 Å². The lowest BCUT2D eigenvalue weighted by atomic mass is 10.2. The van der Waals surface area contributed by atoms with Gasteiger partial charge in [-0.15, -0.1) is 11.8 Å². The Hall–Kier alpha value is -1.92. The summed E-state index contributed by atoms with van der Waals surface area (Å²) >= 11 is 2.83. The zero-order valence-electron chi connectivity index (χ0n) is 11.1. The molecular formula is C15H11FN2OS2. The summed E-state index contributed by atoms with van der Waals surface area (Å²) in [6.45, 7) is 0. The molecule has 0 saturated carbocycles. The van der Waals surface area contributed by atoms with Gasteiger partial charge in [0.2, 0.25) is 0 Å². The number of benzene rings is 2. The summed E-state index contributed by atoms with van der Waals surface area (Å²) in [5, 5.41) is 3.12. The topological polar surface area (TPSA) is 42.0 Å². The number of rotatable bonds is 3. The largest absolute Gasteiger partial charge is 0.298 e. The molecule has 0 aliphatic heterocycles. The second-order valence-electron chi connectivity index (χ2n) is 4.29. The van der Waals surface area contributed by atoms with Gasteiger partial charge in [0.25, 0.3) is 5.91 Å². The van der Waals surface area contributed by atoms with E-state index in [1.54, 1.807) is 30.0 Å². The molecule has 1 amide bonds. The number of carbonyl (C=O) groups is 1. The summed E-state index contributed by atoms with van der Waals surface area (Å²) < 4.78 is 14.3. The van der Waals surface area contributed by atoms with Crippen molar-refractivity contribution in [3.8, 4) is 0 Å². The molecular weight excluding hydrogens is 307 g/mol. The van der Waals surface area contributed by atoms with Gasteiger partial charge in [-0.05, 0) is 36.6 Å². The van der Waals surface area contributed by atoms with E-state index in [1.807, 2.05) is 24.5 Å². The third-order valence-electron chi connectivity index (χ3n) is 2.92. The van der Waals surface area contributed by atoms with Gasteiger partial charge >= 0.3 is 0 Å². The third kappa shape index (κ3) is 2.91. The number of amides is 1. The average Bonchev–Trinajstić information content (AvgIpc) is 2.91. The van der Waals surface area contributed by atoms with Gasteiger partial charge in [0, 0.05) is 10.5 Å². The number of carbonyl (C=O) groups excluding carboxylic acids is 1. The van der Waals surface area contributed by atoms with Gasteiger partial charge in [0.05, 0.1) is 4.70 Å². The number of aromatic nitrogens is 1. The average molecular weight is 318 g/mol. The standard InChI is InChI=1S/C15H11FN2OS2/c1-20-10-5-2-4-9(8-10)14(19)18-15-17-13-11(16)6-3-7-12(13)21-15/h2-8H,1H3,(H,17,18,19). The smallest absolute Gasteiger partial charge is 0.257 e. The first-order chi connectivity index (χ1) is 10.2. The molecule has 2 aromatic carbocycles. The fraction of sp³-hybridized carbons (Fsp3) is 0.0667. The van der Waals surface area contributed by atoms with Crippen molar-refractivity contribution in [2.24, 2.45) is 0 Å². The van der Waals surface area contributed by atoms with E-state index in [2.05, 4.69) is 10.3 Å². The van der Waals surface area contributed by atoms with Crippen molar-refractivity contribution in [3.63, 3.8) is 0 Å². The van der Waals surface area contributed by atoms with Crippen LogP contribution in [-0.2, 0) is 0 Å². The van der Waals surface area contributed by atoms with E-state index < -0.39 is 0 Å². The summed E-state index contributed by atoms with van der Waals surface area (Å²) in [6.07, 6.45) is 1.95. The van der Waals surface area contributed by atoms with Gasteiger partial charge in [0.1, 0.15) is 11.3 Å². The van der Waals surface area contributed by atoms with Crippen LogP contribution in [0.3, 0.4) is 0 Å². The number of thiazole rings is 1. The van der Waals surface area contributed by atoms with Gasteiger partial charge in [0.15, 0.2) is 5.13 Å². The number of nitrogens with zero attached hydrogens (tertiary/aromatic N) is 1. The lowest BCUT2D eigenvalue weighted by Crippen LogP contribution is -2.11. The maximum absolute atomic E-state index is 13.6. The lowest BCUT2D eigenvalue weighted by Gasteiger charge is -2.03. The number of hydrogen-bond acceptors (Lipinski definition) is 4.